The summed E-state index contributed by atoms with van der Waals surface area (Å²) in [6.07, 6.45) is 6.07. The maximum atomic E-state index is 14.1. The van der Waals surface area contributed by atoms with E-state index in [0.717, 1.165) is 40.1 Å². The average Bonchev–Trinajstić information content (AvgIpc) is 3.67. The number of hydrogen-bond acceptors (Lipinski definition) is 6. The summed E-state index contributed by atoms with van der Waals surface area (Å²) in [6.45, 7) is 1.52. The van der Waals surface area contributed by atoms with Crippen LogP contribution in [0.15, 0.2) is 82.9 Å². The first-order chi connectivity index (χ1) is 20.9. The molecule has 0 saturated carbocycles. The van der Waals surface area contributed by atoms with E-state index in [4.69, 9.17) is 5.84 Å². The van der Waals surface area contributed by atoms with Crippen molar-refractivity contribution in [1.29, 1.82) is 0 Å². The molecule has 5 rings (SSSR count). The lowest BCUT2D eigenvalue weighted by atomic mass is 10.0. The number of H-pyrrole nitrogens is 1. The number of para-hydroxylation sites is 1. The van der Waals surface area contributed by atoms with E-state index in [9.17, 15) is 18.0 Å². The number of aromatic nitrogens is 1. The van der Waals surface area contributed by atoms with Crippen LogP contribution in [0.25, 0.3) is 21.7 Å². The van der Waals surface area contributed by atoms with Crippen molar-refractivity contribution in [3.8, 4) is 0 Å². The molecule has 1 aliphatic rings. The molecule has 1 aromatic heterocycles. The van der Waals surface area contributed by atoms with Crippen molar-refractivity contribution < 1.29 is 18.0 Å². The van der Waals surface area contributed by atoms with E-state index >= 15 is 0 Å². The third-order valence-corrected chi connectivity index (χ3v) is 9.25. The van der Waals surface area contributed by atoms with Crippen molar-refractivity contribution in [2.24, 2.45) is 10.9 Å². The molecular weight excluding hydrogens is 566 g/mol. The number of benzene rings is 3. The lowest BCUT2D eigenvalue weighted by molar-refractivity contribution is -0.139. The van der Waals surface area contributed by atoms with Crippen molar-refractivity contribution in [3.63, 3.8) is 0 Å². The Balaban J connectivity index is 1.35. The Morgan fingerprint density at radius 1 is 1.05 bits per heavy atom. The first-order valence-corrected chi connectivity index (χ1v) is 15.9. The number of carbonyl (C=O) groups excluding carboxylic acids is 2. The van der Waals surface area contributed by atoms with Gasteiger partial charge in [-0.2, -0.15) is 9.82 Å². The Kier molecular flexibility index (Phi) is 9.58. The Bertz CT molecular complexity index is 1720. The molecule has 43 heavy (non-hydrogen) atoms. The minimum atomic E-state index is -4.08. The van der Waals surface area contributed by atoms with Crippen LogP contribution in [0.1, 0.15) is 31.2 Å². The standard InChI is InChI=1S/C31H37N7O4S/c32-36-21-33-15-5-6-16-34-30(39)29-12-7-17-38(29)31(40)28(19-24-20-35-27-11-4-3-10-26(24)27)37-43(41,42)25-14-13-22-8-1-2-9-23(22)18-25/h1-4,8-11,13-14,18,20-21,28-29,35,37H,5-7,12,15-17,19,32H2,(H,33,36)(H,34,39)/t28-,29+/m1/s1. The second-order valence-corrected chi connectivity index (χ2v) is 12.4. The second-order valence-electron chi connectivity index (χ2n) is 10.7. The van der Waals surface area contributed by atoms with Crippen LogP contribution in [0.3, 0.4) is 0 Å². The monoisotopic (exact) mass is 603 g/mol. The highest BCUT2D eigenvalue weighted by molar-refractivity contribution is 7.89. The Labute approximate surface area is 250 Å². The van der Waals surface area contributed by atoms with Crippen LogP contribution in [0.2, 0.25) is 0 Å². The molecule has 0 radical (unpaired) electrons. The number of aromatic amines is 1. The molecule has 0 aliphatic carbocycles. The molecule has 4 aromatic rings. The van der Waals surface area contributed by atoms with Crippen LogP contribution in [-0.2, 0) is 26.0 Å². The van der Waals surface area contributed by atoms with Gasteiger partial charge in [0.15, 0.2) is 0 Å². The van der Waals surface area contributed by atoms with Crippen molar-refractivity contribution in [3.05, 3.63) is 78.5 Å². The predicted octanol–water partition coefficient (Wildman–Crippen LogP) is 2.59. The summed E-state index contributed by atoms with van der Waals surface area (Å²) in [4.78, 5) is 32.0. The van der Waals surface area contributed by atoms with Gasteiger partial charge in [-0.3, -0.25) is 9.59 Å². The zero-order valence-corrected chi connectivity index (χ0v) is 24.6. The molecule has 1 fully saturated rings. The molecule has 1 aliphatic heterocycles. The smallest absolute Gasteiger partial charge is 0.242 e. The molecule has 2 atom stereocenters. The first kappa shape index (κ1) is 30.1. The second kappa shape index (κ2) is 13.7. The SMILES string of the molecule is NN=CNCCCCNC(=O)[C@@H]1CCCN1C(=O)[C@@H](Cc1c[nH]c2ccccc12)NS(=O)(=O)c1ccc2ccccc2c1. The highest BCUT2D eigenvalue weighted by Gasteiger charge is 2.38. The summed E-state index contributed by atoms with van der Waals surface area (Å²) in [6, 6.07) is 18.3. The summed E-state index contributed by atoms with van der Waals surface area (Å²) in [5.74, 6) is 4.41. The van der Waals surface area contributed by atoms with E-state index in [1.807, 2.05) is 48.5 Å². The van der Waals surface area contributed by atoms with Crippen molar-refractivity contribution in [1.82, 2.24) is 25.2 Å². The molecule has 2 amide bonds. The number of carbonyl (C=O) groups is 2. The summed E-state index contributed by atoms with van der Waals surface area (Å²) in [5, 5.41) is 11.9. The van der Waals surface area contributed by atoms with Crippen LogP contribution in [0.4, 0.5) is 0 Å². The molecular formula is C31H37N7O4S. The number of nitrogens with two attached hydrogens (primary N) is 1. The van der Waals surface area contributed by atoms with Crippen LogP contribution in [0, 0.1) is 0 Å². The van der Waals surface area contributed by atoms with Crippen molar-refractivity contribution in [2.75, 3.05) is 19.6 Å². The van der Waals surface area contributed by atoms with Crippen LogP contribution >= 0.6 is 0 Å². The first-order valence-electron chi connectivity index (χ1n) is 14.5. The van der Waals surface area contributed by atoms with Gasteiger partial charge < -0.3 is 26.4 Å². The topological polar surface area (TPSA) is 162 Å². The third-order valence-electron chi connectivity index (χ3n) is 7.78. The number of nitrogens with zero attached hydrogens (tertiary/aromatic N) is 2. The highest BCUT2D eigenvalue weighted by atomic mass is 32.2. The van der Waals surface area contributed by atoms with E-state index in [-0.39, 0.29) is 17.2 Å². The predicted molar refractivity (Wildman–Crippen MR) is 168 cm³/mol. The van der Waals surface area contributed by atoms with Gasteiger partial charge in [0.25, 0.3) is 0 Å². The van der Waals surface area contributed by atoms with E-state index in [1.165, 1.54) is 11.2 Å². The number of amides is 2. The largest absolute Gasteiger partial charge is 0.375 e. The van der Waals surface area contributed by atoms with Gasteiger partial charge in [0, 0.05) is 36.7 Å². The molecule has 3 aromatic carbocycles. The maximum absolute atomic E-state index is 14.1. The van der Waals surface area contributed by atoms with E-state index in [1.54, 1.807) is 24.4 Å². The number of unbranched alkanes of at least 4 members (excludes halogenated alkanes) is 1. The number of sulfonamides is 1. The zero-order chi connectivity index (χ0) is 30.2. The quantitative estimate of drug-likeness (QED) is 0.0519. The highest BCUT2D eigenvalue weighted by Crippen LogP contribution is 2.25. The Hall–Kier alpha value is -4.42. The fourth-order valence-electron chi connectivity index (χ4n) is 5.59. The molecule has 12 heteroatoms. The summed E-state index contributed by atoms with van der Waals surface area (Å²) < 4.78 is 30.1. The maximum Gasteiger partial charge on any atom is 0.242 e. The van der Waals surface area contributed by atoms with Crippen molar-refractivity contribution in [2.45, 2.75) is 49.1 Å². The molecule has 11 nitrogen and oxygen atoms in total. The Morgan fingerprint density at radius 2 is 1.81 bits per heavy atom. The number of hydrazone groups is 1. The van der Waals surface area contributed by atoms with Gasteiger partial charge in [0.05, 0.1) is 4.90 Å². The van der Waals surface area contributed by atoms with Gasteiger partial charge in [-0.05, 0) is 66.6 Å². The van der Waals surface area contributed by atoms with Gasteiger partial charge in [0.2, 0.25) is 21.8 Å². The molecule has 1 saturated heterocycles. The van der Waals surface area contributed by atoms with Crippen LogP contribution in [0.5, 0.6) is 0 Å². The Morgan fingerprint density at radius 3 is 2.65 bits per heavy atom. The fourth-order valence-corrected chi connectivity index (χ4v) is 6.82. The summed E-state index contributed by atoms with van der Waals surface area (Å²) >= 11 is 0. The van der Waals surface area contributed by atoms with Gasteiger partial charge in [-0.15, -0.1) is 0 Å². The number of rotatable bonds is 13. The molecule has 0 unspecified atom stereocenters. The average molecular weight is 604 g/mol. The van der Waals surface area contributed by atoms with Crippen LogP contribution < -0.4 is 21.2 Å². The van der Waals surface area contributed by atoms with Gasteiger partial charge >= 0.3 is 0 Å². The van der Waals surface area contributed by atoms with E-state index in [2.05, 4.69) is 25.4 Å². The minimum Gasteiger partial charge on any atom is -0.375 e. The number of hydrogen-bond donors (Lipinski definition) is 5. The normalized spacial score (nSPS) is 16.2. The van der Waals surface area contributed by atoms with Crippen LogP contribution in [-0.4, -0.2) is 68.2 Å². The van der Waals surface area contributed by atoms with E-state index < -0.39 is 28.0 Å². The van der Waals surface area contributed by atoms with Gasteiger partial charge in [-0.25, -0.2) is 8.42 Å². The lowest BCUT2D eigenvalue weighted by Crippen LogP contribution is -2.54. The number of nitrogens with one attached hydrogen (secondary N) is 4. The molecule has 0 bridgehead atoms. The number of likely N-dealkylation sites (tertiary alicyclic amines) is 1. The van der Waals surface area contributed by atoms with E-state index in [0.29, 0.717) is 32.5 Å². The van der Waals surface area contributed by atoms with Crippen molar-refractivity contribution >= 4 is 49.9 Å². The summed E-state index contributed by atoms with van der Waals surface area (Å²) in [7, 11) is -4.08. The molecule has 2 heterocycles. The fraction of sp³-hybridized carbons (Fsp3) is 0.323. The zero-order valence-electron chi connectivity index (χ0n) is 23.8. The summed E-state index contributed by atoms with van der Waals surface area (Å²) in [5.41, 5.74) is 1.70. The molecule has 226 valence electrons. The number of fused-ring (bicyclic) bond motifs is 2. The minimum absolute atomic E-state index is 0.0749. The lowest BCUT2D eigenvalue weighted by Gasteiger charge is -2.28. The van der Waals surface area contributed by atoms with Gasteiger partial charge in [0.1, 0.15) is 18.4 Å². The third kappa shape index (κ3) is 7.15. The molecule has 6 N–H and O–H groups in total. The molecule has 0 spiro atoms. The van der Waals surface area contributed by atoms with Gasteiger partial charge in [-0.1, -0.05) is 48.5 Å².